The van der Waals surface area contributed by atoms with Gasteiger partial charge in [0.25, 0.3) is 0 Å². The van der Waals surface area contributed by atoms with E-state index in [4.69, 9.17) is 29.3 Å². The first-order chi connectivity index (χ1) is 13.6. The van der Waals surface area contributed by atoms with Crippen LogP contribution in [0.15, 0.2) is 48.0 Å². The second kappa shape index (κ2) is 10.5. The largest absolute Gasteiger partial charge is 0.497 e. The molecule has 1 N–H and O–H groups in total. The molecule has 0 saturated carbocycles. The summed E-state index contributed by atoms with van der Waals surface area (Å²) in [5.41, 5.74) is 0.171. The Kier molecular flexibility index (Phi) is 7.73. The Bertz CT molecular complexity index is 885. The van der Waals surface area contributed by atoms with Gasteiger partial charge in [-0.05, 0) is 42.8 Å². The molecule has 0 atom stereocenters. The maximum atomic E-state index is 11.0. The van der Waals surface area contributed by atoms with Crippen LogP contribution < -0.4 is 18.9 Å². The number of carbonyl (C=O) groups is 1. The van der Waals surface area contributed by atoms with Gasteiger partial charge in [0, 0.05) is 6.07 Å². The van der Waals surface area contributed by atoms with Gasteiger partial charge in [0.05, 0.1) is 13.7 Å². The summed E-state index contributed by atoms with van der Waals surface area (Å²) in [6.45, 7) is 2.84. The van der Waals surface area contributed by atoms with Gasteiger partial charge in [0.2, 0.25) is 0 Å². The lowest BCUT2D eigenvalue weighted by Crippen LogP contribution is -2.10. The number of benzene rings is 2. The Labute approximate surface area is 163 Å². The monoisotopic (exact) mass is 383 g/mol. The molecule has 0 aliphatic heterocycles. The maximum absolute atomic E-state index is 11.0. The molecule has 2 rings (SSSR count). The van der Waals surface area contributed by atoms with E-state index in [1.807, 2.05) is 25.1 Å². The highest BCUT2D eigenvalue weighted by Crippen LogP contribution is 2.29. The molecule has 0 unspecified atom stereocenters. The van der Waals surface area contributed by atoms with Gasteiger partial charge in [-0.15, -0.1) is 0 Å². The minimum Gasteiger partial charge on any atom is -0.497 e. The predicted octanol–water partition coefficient (Wildman–Crippen LogP) is 3.54. The number of hydrogen-bond acceptors (Lipinski definition) is 6. The Morgan fingerprint density at radius 3 is 2.50 bits per heavy atom. The normalized spacial score (nSPS) is 10.7. The molecular weight excluding hydrogens is 362 g/mol. The number of aliphatic carboxylic acids is 1. The zero-order valence-corrected chi connectivity index (χ0v) is 15.7. The van der Waals surface area contributed by atoms with E-state index < -0.39 is 5.97 Å². The van der Waals surface area contributed by atoms with E-state index >= 15 is 0 Å². The third-order valence-corrected chi connectivity index (χ3v) is 3.58. The number of nitrogens with zero attached hydrogens (tertiary/aromatic N) is 1. The van der Waals surface area contributed by atoms with Crippen molar-refractivity contribution in [3.8, 4) is 29.1 Å². The number of nitriles is 1. The summed E-state index contributed by atoms with van der Waals surface area (Å²) in [5, 5.41) is 17.8. The van der Waals surface area contributed by atoms with Gasteiger partial charge in [-0.25, -0.2) is 4.79 Å². The Morgan fingerprint density at radius 1 is 1.07 bits per heavy atom. The molecule has 0 radical (unpaired) electrons. The minimum atomic E-state index is -1.28. The topological polar surface area (TPSA) is 98.0 Å². The van der Waals surface area contributed by atoms with Crippen molar-refractivity contribution >= 4 is 12.0 Å². The summed E-state index contributed by atoms with van der Waals surface area (Å²) >= 11 is 0. The second-order valence-corrected chi connectivity index (χ2v) is 5.49. The van der Waals surface area contributed by atoms with Gasteiger partial charge in [-0.3, -0.25) is 0 Å². The molecule has 146 valence electrons. The number of methoxy groups -OCH3 is 1. The Balaban J connectivity index is 2.02. The van der Waals surface area contributed by atoms with Gasteiger partial charge in [-0.2, -0.15) is 5.26 Å². The van der Waals surface area contributed by atoms with Crippen molar-refractivity contribution in [3.63, 3.8) is 0 Å². The molecule has 0 fully saturated rings. The van der Waals surface area contributed by atoms with Gasteiger partial charge in [-0.1, -0.05) is 12.1 Å². The molecular formula is C21H21NO6. The van der Waals surface area contributed by atoms with E-state index in [0.29, 0.717) is 41.8 Å². The molecule has 0 bridgehead atoms. The maximum Gasteiger partial charge on any atom is 0.346 e. The molecule has 0 heterocycles. The molecule has 7 nitrogen and oxygen atoms in total. The highest BCUT2D eigenvalue weighted by Gasteiger charge is 2.09. The number of ether oxygens (including phenoxy) is 4. The van der Waals surface area contributed by atoms with Crippen molar-refractivity contribution in [2.75, 3.05) is 26.9 Å². The van der Waals surface area contributed by atoms with Crippen molar-refractivity contribution in [1.29, 1.82) is 5.26 Å². The molecule has 0 aliphatic carbocycles. The second-order valence-electron chi connectivity index (χ2n) is 5.49. The van der Waals surface area contributed by atoms with Crippen LogP contribution in [-0.4, -0.2) is 38.0 Å². The van der Waals surface area contributed by atoms with Crippen LogP contribution in [0.2, 0.25) is 0 Å². The van der Waals surface area contributed by atoms with Crippen LogP contribution >= 0.6 is 0 Å². The highest BCUT2D eigenvalue weighted by molar-refractivity contribution is 5.96. The lowest BCUT2D eigenvalue weighted by atomic mass is 10.1. The number of carboxylic acid groups (broad SMARTS) is 1. The fourth-order valence-electron chi connectivity index (χ4n) is 2.31. The summed E-state index contributed by atoms with van der Waals surface area (Å²) in [6.07, 6.45) is 1.28. The molecule has 0 spiro atoms. The van der Waals surface area contributed by atoms with Crippen LogP contribution in [0.1, 0.15) is 12.5 Å². The van der Waals surface area contributed by atoms with Crippen molar-refractivity contribution in [2.24, 2.45) is 0 Å². The minimum absolute atomic E-state index is 0.283. The smallest absolute Gasteiger partial charge is 0.346 e. The van der Waals surface area contributed by atoms with E-state index in [-0.39, 0.29) is 12.2 Å². The lowest BCUT2D eigenvalue weighted by molar-refractivity contribution is -0.132. The SMILES string of the molecule is CCOc1cc(C=C(C#N)C(=O)O)ccc1OCCOc1cccc(OC)c1. The van der Waals surface area contributed by atoms with Crippen molar-refractivity contribution in [2.45, 2.75) is 6.92 Å². The van der Waals surface area contributed by atoms with E-state index in [1.165, 1.54) is 6.08 Å². The highest BCUT2D eigenvalue weighted by atomic mass is 16.5. The average molecular weight is 383 g/mol. The summed E-state index contributed by atoms with van der Waals surface area (Å²) in [6, 6.07) is 13.9. The standard InChI is InChI=1S/C21H21NO6/c1-3-26-20-12-15(11-16(14-22)21(23)24)7-8-19(20)28-10-9-27-18-6-4-5-17(13-18)25-2/h4-8,11-13H,3,9-10H2,1-2H3,(H,23,24). The quantitative estimate of drug-likeness (QED) is 0.381. The zero-order valence-electron chi connectivity index (χ0n) is 15.7. The van der Waals surface area contributed by atoms with Gasteiger partial charge >= 0.3 is 5.97 Å². The Morgan fingerprint density at radius 2 is 1.82 bits per heavy atom. The average Bonchev–Trinajstić information content (AvgIpc) is 2.70. The summed E-state index contributed by atoms with van der Waals surface area (Å²) in [7, 11) is 1.59. The van der Waals surface area contributed by atoms with Gasteiger partial charge < -0.3 is 24.1 Å². The molecule has 0 aromatic heterocycles. The van der Waals surface area contributed by atoms with Crippen molar-refractivity contribution < 1.29 is 28.8 Å². The van der Waals surface area contributed by atoms with Gasteiger partial charge in [0.1, 0.15) is 36.4 Å². The fourth-order valence-corrected chi connectivity index (χ4v) is 2.31. The van der Waals surface area contributed by atoms with E-state index in [1.54, 1.807) is 37.4 Å². The molecule has 28 heavy (non-hydrogen) atoms. The first-order valence-electron chi connectivity index (χ1n) is 8.59. The first kappa shape index (κ1) is 20.6. The third-order valence-electron chi connectivity index (χ3n) is 3.58. The fraction of sp³-hybridized carbons (Fsp3) is 0.238. The number of carboxylic acids is 1. The van der Waals surface area contributed by atoms with Crippen LogP contribution in [0.3, 0.4) is 0 Å². The predicted molar refractivity (Wildman–Crippen MR) is 103 cm³/mol. The molecule has 0 saturated heterocycles. The molecule has 7 heteroatoms. The lowest BCUT2D eigenvalue weighted by Gasteiger charge is -2.13. The van der Waals surface area contributed by atoms with Crippen LogP contribution in [-0.2, 0) is 4.79 Å². The summed E-state index contributed by atoms with van der Waals surface area (Å²) < 4.78 is 22.1. The Hall–Kier alpha value is -3.66. The van der Waals surface area contributed by atoms with E-state index in [2.05, 4.69) is 0 Å². The van der Waals surface area contributed by atoms with Crippen molar-refractivity contribution in [3.05, 3.63) is 53.6 Å². The number of hydrogen-bond donors (Lipinski definition) is 1. The molecule has 2 aromatic rings. The molecule has 0 aliphatic rings. The molecule has 0 amide bonds. The summed E-state index contributed by atoms with van der Waals surface area (Å²) in [5.74, 6) is 1.06. The van der Waals surface area contributed by atoms with Crippen LogP contribution in [0.25, 0.3) is 6.08 Å². The van der Waals surface area contributed by atoms with Crippen LogP contribution in [0.4, 0.5) is 0 Å². The van der Waals surface area contributed by atoms with Crippen LogP contribution in [0, 0.1) is 11.3 Å². The third kappa shape index (κ3) is 5.95. The number of rotatable bonds is 10. The first-order valence-corrected chi connectivity index (χ1v) is 8.59. The zero-order chi connectivity index (χ0) is 20.4. The van der Waals surface area contributed by atoms with Crippen LogP contribution in [0.5, 0.6) is 23.0 Å². The summed E-state index contributed by atoms with van der Waals surface area (Å²) in [4.78, 5) is 11.0. The van der Waals surface area contributed by atoms with E-state index in [0.717, 1.165) is 0 Å². The van der Waals surface area contributed by atoms with E-state index in [9.17, 15) is 4.79 Å². The van der Waals surface area contributed by atoms with Crippen molar-refractivity contribution in [1.82, 2.24) is 0 Å². The van der Waals surface area contributed by atoms with Gasteiger partial charge in [0.15, 0.2) is 11.5 Å². The molecule has 2 aromatic carbocycles.